The molecular formula is C18H19NO4S. The highest BCUT2D eigenvalue weighted by Crippen LogP contribution is 2.38. The zero-order chi connectivity index (χ0) is 17.2. The third-order valence-corrected chi connectivity index (χ3v) is 5.03. The molecule has 5 nitrogen and oxygen atoms in total. The molecule has 0 aromatic heterocycles. The van der Waals surface area contributed by atoms with Gasteiger partial charge in [0.1, 0.15) is 5.76 Å². The molecule has 0 bridgehead atoms. The summed E-state index contributed by atoms with van der Waals surface area (Å²) in [6.07, 6.45) is 0.855. The van der Waals surface area contributed by atoms with E-state index >= 15 is 0 Å². The maximum absolute atomic E-state index is 12.4. The first-order valence-corrected chi connectivity index (χ1v) is 9.16. The van der Waals surface area contributed by atoms with Crippen molar-refractivity contribution in [3.05, 3.63) is 71.4 Å². The van der Waals surface area contributed by atoms with Gasteiger partial charge in [-0.25, -0.2) is 8.42 Å². The zero-order valence-corrected chi connectivity index (χ0v) is 14.3. The van der Waals surface area contributed by atoms with Crippen molar-refractivity contribution in [2.45, 2.75) is 25.0 Å². The van der Waals surface area contributed by atoms with Gasteiger partial charge < -0.3 is 9.47 Å². The number of rotatable bonds is 5. The predicted octanol–water partition coefficient (Wildman–Crippen LogP) is 3.34. The van der Waals surface area contributed by atoms with Crippen LogP contribution in [-0.4, -0.2) is 15.0 Å². The van der Waals surface area contributed by atoms with Gasteiger partial charge in [-0.05, 0) is 26.0 Å². The van der Waals surface area contributed by atoms with Crippen molar-refractivity contribution in [2.24, 2.45) is 0 Å². The van der Waals surface area contributed by atoms with E-state index in [9.17, 15) is 8.42 Å². The summed E-state index contributed by atoms with van der Waals surface area (Å²) in [6.45, 7) is 4.29. The molecule has 6 heteroatoms. The van der Waals surface area contributed by atoms with Crippen LogP contribution in [0.1, 0.15) is 29.9 Å². The van der Waals surface area contributed by atoms with E-state index < -0.39 is 16.3 Å². The predicted molar refractivity (Wildman–Crippen MR) is 91.4 cm³/mol. The minimum atomic E-state index is -3.64. The second-order valence-corrected chi connectivity index (χ2v) is 7.15. The van der Waals surface area contributed by atoms with Crippen LogP contribution >= 0.6 is 0 Å². The Balaban J connectivity index is 1.86. The number of ether oxygens (including phenoxy) is 2. The number of benzene rings is 2. The Morgan fingerprint density at radius 2 is 1.88 bits per heavy atom. The van der Waals surface area contributed by atoms with Crippen LogP contribution in [0.3, 0.4) is 0 Å². The van der Waals surface area contributed by atoms with Gasteiger partial charge in [-0.2, -0.15) is 0 Å². The first kappa shape index (κ1) is 16.5. The molecule has 1 aliphatic heterocycles. The van der Waals surface area contributed by atoms with Crippen molar-refractivity contribution in [2.75, 3.05) is 6.61 Å². The van der Waals surface area contributed by atoms with E-state index in [1.165, 1.54) is 6.20 Å². The van der Waals surface area contributed by atoms with Crippen molar-refractivity contribution < 1.29 is 17.9 Å². The maximum Gasteiger partial charge on any atom is 0.261 e. The lowest BCUT2D eigenvalue weighted by atomic mass is 10.1. The molecule has 0 fully saturated rings. The second-order valence-electron chi connectivity index (χ2n) is 5.44. The average molecular weight is 345 g/mol. The Hall–Kier alpha value is -2.31. The van der Waals surface area contributed by atoms with Crippen LogP contribution in [0.25, 0.3) is 5.76 Å². The number of nitrogens with one attached hydrogen (secondary N) is 1. The summed E-state index contributed by atoms with van der Waals surface area (Å²) in [6, 6.07) is 14.2. The Morgan fingerprint density at radius 3 is 2.58 bits per heavy atom. The van der Waals surface area contributed by atoms with Gasteiger partial charge in [0.05, 0.1) is 11.1 Å². The van der Waals surface area contributed by atoms with Crippen LogP contribution in [-0.2, 0) is 19.5 Å². The smallest absolute Gasteiger partial charge is 0.261 e. The molecule has 126 valence electrons. The second kappa shape index (κ2) is 6.67. The Kier molecular flexibility index (Phi) is 4.59. The van der Waals surface area contributed by atoms with E-state index in [0.29, 0.717) is 12.4 Å². The average Bonchev–Trinajstić information content (AvgIpc) is 2.92. The van der Waals surface area contributed by atoms with Crippen molar-refractivity contribution in [1.29, 1.82) is 0 Å². The quantitative estimate of drug-likeness (QED) is 0.903. The summed E-state index contributed by atoms with van der Waals surface area (Å²) in [5.41, 5.74) is 2.71. The van der Waals surface area contributed by atoms with Crippen LogP contribution < -0.4 is 4.72 Å². The van der Waals surface area contributed by atoms with Gasteiger partial charge in [-0.15, -0.1) is 0 Å². The third-order valence-electron chi connectivity index (χ3n) is 3.71. The lowest BCUT2D eigenvalue weighted by Gasteiger charge is -2.11. The standard InChI is InChI=1S/C18H19NO4S/c1-3-22-18-16-7-5-4-6-15(16)17(23-18)12-19-24(20,21)14-10-8-13(2)9-11-14/h4-12,18-19H,3H2,1-2H3/b17-12-. The van der Waals surface area contributed by atoms with Gasteiger partial charge in [0.2, 0.25) is 6.29 Å². The molecule has 0 saturated carbocycles. The number of sulfonamides is 1. The molecule has 1 unspecified atom stereocenters. The van der Waals surface area contributed by atoms with Gasteiger partial charge in [0, 0.05) is 17.7 Å². The fourth-order valence-electron chi connectivity index (χ4n) is 2.47. The molecule has 0 amide bonds. The molecule has 24 heavy (non-hydrogen) atoms. The number of fused-ring (bicyclic) bond motifs is 1. The molecule has 1 heterocycles. The molecule has 2 aromatic carbocycles. The van der Waals surface area contributed by atoms with Gasteiger partial charge in [-0.1, -0.05) is 42.0 Å². The van der Waals surface area contributed by atoms with E-state index in [-0.39, 0.29) is 4.90 Å². The topological polar surface area (TPSA) is 64.6 Å². The molecule has 1 atom stereocenters. The molecule has 0 saturated heterocycles. The van der Waals surface area contributed by atoms with E-state index in [1.807, 2.05) is 38.1 Å². The van der Waals surface area contributed by atoms with Gasteiger partial charge >= 0.3 is 0 Å². The summed E-state index contributed by atoms with van der Waals surface area (Å²) in [5.74, 6) is 0.444. The molecule has 1 N–H and O–H groups in total. The monoisotopic (exact) mass is 345 g/mol. The number of hydrogen-bond donors (Lipinski definition) is 1. The number of aryl methyl sites for hydroxylation is 1. The largest absolute Gasteiger partial charge is 0.458 e. The fraction of sp³-hybridized carbons (Fsp3) is 0.222. The molecular weight excluding hydrogens is 326 g/mol. The highest BCUT2D eigenvalue weighted by atomic mass is 32.2. The minimum Gasteiger partial charge on any atom is -0.458 e. The van der Waals surface area contributed by atoms with Crippen LogP contribution in [0.15, 0.2) is 59.6 Å². The lowest BCUT2D eigenvalue weighted by Crippen LogP contribution is -2.18. The molecule has 0 spiro atoms. The van der Waals surface area contributed by atoms with Crippen LogP contribution in [0.2, 0.25) is 0 Å². The summed E-state index contributed by atoms with van der Waals surface area (Å²) in [5, 5.41) is 0. The Morgan fingerprint density at radius 1 is 1.17 bits per heavy atom. The highest BCUT2D eigenvalue weighted by molar-refractivity contribution is 7.89. The molecule has 3 rings (SSSR count). The fourth-order valence-corrected chi connectivity index (χ4v) is 3.37. The lowest BCUT2D eigenvalue weighted by molar-refractivity contribution is -0.0867. The Labute approximate surface area is 142 Å². The van der Waals surface area contributed by atoms with Gasteiger partial charge in [0.25, 0.3) is 10.0 Å². The highest BCUT2D eigenvalue weighted by Gasteiger charge is 2.28. The first-order chi connectivity index (χ1) is 11.5. The van der Waals surface area contributed by atoms with E-state index in [1.54, 1.807) is 24.3 Å². The van der Waals surface area contributed by atoms with Crippen molar-refractivity contribution in [3.8, 4) is 0 Å². The summed E-state index contributed by atoms with van der Waals surface area (Å²) >= 11 is 0. The molecule has 0 aliphatic carbocycles. The Bertz CT molecular complexity index is 857. The van der Waals surface area contributed by atoms with Crippen molar-refractivity contribution in [3.63, 3.8) is 0 Å². The summed E-state index contributed by atoms with van der Waals surface area (Å²) in [4.78, 5) is 0.206. The van der Waals surface area contributed by atoms with Crippen LogP contribution in [0.4, 0.5) is 0 Å². The van der Waals surface area contributed by atoms with E-state index in [4.69, 9.17) is 9.47 Å². The van der Waals surface area contributed by atoms with Crippen molar-refractivity contribution >= 4 is 15.8 Å². The summed E-state index contributed by atoms with van der Waals surface area (Å²) < 4.78 is 38.5. The molecule has 2 aromatic rings. The van der Waals surface area contributed by atoms with Gasteiger partial charge in [0.15, 0.2) is 0 Å². The minimum absolute atomic E-state index is 0.206. The van der Waals surface area contributed by atoms with Gasteiger partial charge in [-0.3, -0.25) is 4.72 Å². The summed E-state index contributed by atoms with van der Waals surface area (Å²) in [7, 11) is -3.64. The van der Waals surface area contributed by atoms with E-state index in [0.717, 1.165) is 16.7 Å². The third kappa shape index (κ3) is 3.29. The van der Waals surface area contributed by atoms with Crippen LogP contribution in [0, 0.1) is 6.92 Å². The molecule has 0 radical (unpaired) electrons. The van der Waals surface area contributed by atoms with Crippen molar-refractivity contribution in [1.82, 2.24) is 4.72 Å². The molecule has 1 aliphatic rings. The SMILES string of the molecule is CCOC1O/C(=C\NS(=O)(=O)c2ccc(C)cc2)c2ccccc21. The van der Waals surface area contributed by atoms with Crippen LogP contribution in [0.5, 0.6) is 0 Å². The maximum atomic E-state index is 12.4. The van der Waals surface area contributed by atoms with E-state index in [2.05, 4.69) is 4.72 Å². The zero-order valence-electron chi connectivity index (χ0n) is 13.5. The normalized spacial score (nSPS) is 18.2. The number of hydrogen-bond acceptors (Lipinski definition) is 4. The first-order valence-electron chi connectivity index (χ1n) is 7.68.